The molecule has 0 bridgehead atoms. The van der Waals surface area contributed by atoms with E-state index in [9.17, 15) is 0 Å². The molecular formula is C22H27N5O. The van der Waals surface area contributed by atoms with Crippen LogP contribution in [0.15, 0.2) is 61.1 Å². The zero-order valence-corrected chi connectivity index (χ0v) is 16.1. The predicted molar refractivity (Wildman–Crippen MR) is 111 cm³/mol. The Hall–Kier alpha value is -2.86. The second-order valence-corrected chi connectivity index (χ2v) is 7.08. The van der Waals surface area contributed by atoms with Crippen LogP contribution < -0.4 is 10.1 Å². The zero-order chi connectivity index (χ0) is 19.0. The van der Waals surface area contributed by atoms with Crippen molar-refractivity contribution in [1.29, 1.82) is 0 Å². The number of anilines is 2. The second-order valence-electron chi connectivity index (χ2n) is 7.08. The first kappa shape index (κ1) is 18.5. The Balaban J connectivity index is 1.26. The zero-order valence-electron chi connectivity index (χ0n) is 16.1. The molecule has 28 heavy (non-hydrogen) atoms. The van der Waals surface area contributed by atoms with Gasteiger partial charge in [0.15, 0.2) is 0 Å². The van der Waals surface area contributed by atoms with E-state index in [1.54, 1.807) is 6.20 Å². The summed E-state index contributed by atoms with van der Waals surface area (Å²) in [5.74, 6) is 2.30. The van der Waals surface area contributed by atoms with Crippen molar-refractivity contribution in [3.05, 3.63) is 61.1 Å². The fraction of sp³-hybridized carbons (Fsp3) is 0.364. The minimum Gasteiger partial charge on any atom is -0.494 e. The van der Waals surface area contributed by atoms with Gasteiger partial charge in [-0.1, -0.05) is 6.42 Å². The fourth-order valence-electron chi connectivity index (χ4n) is 3.47. The monoisotopic (exact) mass is 377 g/mol. The number of likely N-dealkylation sites (tertiary alicyclic amines) is 1. The summed E-state index contributed by atoms with van der Waals surface area (Å²) in [6.07, 6.45) is 10.8. The Morgan fingerprint density at radius 3 is 2.54 bits per heavy atom. The molecule has 1 fully saturated rings. The number of ether oxygens (including phenoxy) is 1. The lowest BCUT2D eigenvalue weighted by atomic mass is 10.1. The summed E-state index contributed by atoms with van der Waals surface area (Å²) in [6, 6.07) is 13.8. The molecule has 2 aromatic heterocycles. The van der Waals surface area contributed by atoms with Gasteiger partial charge in [0.05, 0.1) is 6.61 Å². The molecule has 1 aliphatic heterocycles. The van der Waals surface area contributed by atoms with Crippen LogP contribution in [0.1, 0.15) is 25.7 Å². The quantitative estimate of drug-likeness (QED) is 0.594. The van der Waals surface area contributed by atoms with Gasteiger partial charge in [-0.05, 0) is 74.8 Å². The van der Waals surface area contributed by atoms with Gasteiger partial charge in [-0.3, -0.25) is 0 Å². The molecule has 0 spiro atoms. The number of aromatic nitrogens is 3. The van der Waals surface area contributed by atoms with Crippen LogP contribution in [-0.4, -0.2) is 45.7 Å². The molecule has 0 radical (unpaired) electrons. The predicted octanol–water partition coefficient (Wildman–Crippen LogP) is 4.27. The van der Waals surface area contributed by atoms with Gasteiger partial charge >= 0.3 is 0 Å². The van der Waals surface area contributed by atoms with E-state index >= 15 is 0 Å². The highest BCUT2D eigenvalue weighted by Gasteiger charge is 2.09. The molecular weight excluding hydrogens is 350 g/mol. The normalized spacial score (nSPS) is 14.7. The van der Waals surface area contributed by atoms with Gasteiger partial charge in [0, 0.05) is 30.8 Å². The van der Waals surface area contributed by atoms with E-state index in [-0.39, 0.29) is 0 Å². The van der Waals surface area contributed by atoms with E-state index < -0.39 is 0 Å². The van der Waals surface area contributed by atoms with Crippen LogP contribution in [0.3, 0.4) is 0 Å². The van der Waals surface area contributed by atoms with Crippen LogP contribution in [0, 0.1) is 0 Å². The van der Waals surface area contributed by atoms with Gasteiger partial charge in [0.25, 0.3) is 0 Å². The largest absolute Gasteiger partial charge is 0.494 e. The van der Waals surface area contributed by atoms with Gasteiger partial charge in [-0.25, -0.2) is 4.98 Å². The van der Waals surface area contributed by atoms with Crippen LogP contribution >= 0.6 is 0 Å². The summed E-state index contributed by atoms with van der Waals surface area (Å²) in [5, 5.41) is 3.25. The Labute approximate surface area is 166 Å². The third-order valence-corrected chi connectivity index (χ3v) is 4.96. The van der Waals surface area contributed by atoms with Crippen molar-refractivity contribution in [2.75, 3.05) is 31.6 Å². The molecule has 0 unspecified atom stereocenters. The lowest BCUT2D eigenvalue weighted by Crippen LogP contribution is -2.31. The van der Waals surface area contributed by atoms with Gasteiger partial charge in [0.2, 0.25) is 5.95 Å². The average molecular weight is 377 g/mol. The van der Waals surface area contributed by atoms with E-state index in [1.807, 2.05) is 59.4 Å². The smallest absolute Gasteiger partial charge is 0.229 e. The minimum absolute atomic E-state index is 0.571. The number of benzene rings is 1. The van der Waals surface area contributed by atoms with Crippen molar-refractivity contribution in [3.63, 3.8) is 0 Å². The van der Waals surface area contributed by atoms with Crippen LogP contribution in [0.2, 0.25) is 0 Å². The van der Waals surface area contributed by atoms with E-state index in [4.69, 9.17) is 4.74 Å². The summed E-state index contributed by atoms with van der Waals surface area (Å²) in [7, 11) is 0. The van der Waals surface area contributed by atoms with Gasteiger partial charge in [0.1, 0.15) is 11.6 Å². The van der Waals surface area contributed by atoms with Crippen molar-refractivity contribution in [2.45, 2.75) is 25.7 Å². The molecule has 0 aliphatic carbocycles. The van der Waals surface area contributed by atoms with Crippen LogP contribution in [0.5, 0.6) is 5.75 Å². The molecule has 0 atom stereocenters. The van der Waals surface area contributed by atoms with Gasteiger partial charge in [-0.2, -0.15) is 4.98 Å². The third-order valence-electron chi connectivity index (χ3n) is 4.96. The first-order chi connectivity index (χ1) is 13.9. The van der Waals surface area contributed by atoms with Crippen LogP contribution in [0.25, 0.3) is 5.82 Å². The Bertz CT molecular complexity index is 842. The van der Waals surface area contributed by atoms with Crippen molar-refractivity contribution in [3.8, 4) is 11.6 Å². The molecule has 1 aliphatic rings. The van der Waals surface area contributed by atoms with E-state index in [0.29, 0.717) is 5.95 Å². The number of hydrogen-bond donors (Lipinski definition) is 1. The number of hydrogen-bond acceptors (Lipinski definition) is 5. The maximum Gasteiger partial charge on any atom is 0.229 e. The second kappa shape index (κ2) is 9.37. The molecule has 0 saturated carbocycles. The number of piperidine rings is 1. The lowest BCUT2D eigenvalue weighted by molar-refractivity contribution is 0.205. The van der Waals surface area contributed by atoms with Gasteiger partial charge < -0.3 is 19.5 Å². The standard InChI is InChI=1S/C22H27N5O/c1-2-13-26(14-3-1)15-6-18-28-20-9-7-19(8-10-20)24-22-23-12-11-21(25-22)27-16-4-5-17-27/h4-5,7-12,16-17H,1-3,6,13-15,18H2,(H,23,24,25). The van der Waals surface area contributed by atoms with Crippen molar-refractivity contribution in [2.24, 2.45) is 0 Å². The number of rotatable bonds is 8. The minimum atomic E-state index is 0.571. The van der Waals surface area contributed by atoms with Crippen LogP contribution in [0.4, 0.5) is 11.6 Å². The summed E-state index contributed by atoms with van der Waals surface area (Å²) in [6.45, 7) is 4.38. The lowest BCUT2D eigenvalue weighted by Gasteiger charge is -2.26. The third kappa shape index (κ3) is 5.10. The number of nitrogens with zero attached hydrogens (tertiary/aromatic N) is 4. The first-order valence-corrected chi connectivity index (χ1v) is 10.1. The molecule has 6 nitrogen and oxygen atoms in total. The summed E-state index contributed by atoms with van der Waals surface area (Å²) in [5.41, 5.74) is 0.935. The topological polar surface area (TPSA) is 55.2 Å². The molecule has 3 heterocycles. The molecule has 3 aromatic rings. The molecule has 1 aromatic carbocycles. The molecule has 1 N–H and O–H groups in total. The molecule has 0 amide bonds. The van der Waals surface area contributed by atoms with Crippen molar-refractivity contribution >= 4 is 11.6 Å². The fourth-order valence-corrected chi connectivity index (χ4v) is 3.47. The SMILES string of the molecule is c1ccn(-c2ccnc(Nc3ccc(OCCCN4CCCCC4)cc3)n2)c1. The van der Waals surface area contributed by atoms with E-state index in [2.05, 4.69) is 20.2 Å². The maximum absolute atomic E-state index is 5.88. The van der Waals surface area contributed by atoms with E-state index in [1.165, 1.54) is 32.4 Å². The average Bonchev–Trinajstić information content (AvgIpc) is 3.28. The summed E-state index contributed by atoms with van der Waals surface area (Å²) < 4.78 is 7.83. The summed E-state index contributed by atoms with van der Waals surface area (Å²) >= 11 is 0. The maximum atomic E-state index is 5.88. The highest BCUT2D eigenvalue weighted by molar-refractivity contribution is 5.55. The first-order valence-electron chi connectivity index (χ1n) is 10.1. The molecule has 1 saturated heterocycles. The molecule has 6 heteroatoms. The Morgan fingerprint density at radius 2 is 1.75 bits per heavy atom. The Kier molecular flexibility index (Phi) is 6.19. The highest BCUT2D eigenvalue weighted by Crippen LogP contribution is 2.19. The van der Waals surface area contributed by atoms with Crippen molar-refractivity contribution < 1.29 is 4.74 Å². The summed E-state index contributed by atoms with van der Waals surface area (Å²) in [4.78, 5) is 11.4. The van der Waals surface area contributed by atoms with Gasteiger partial charge in [-0.15, -0.1) is 0 Å². The highest BCUT2D eigenvalue weighted by atomic mass is 16.5. The Morgan fingerprint density at radius 1 is 0.964 bits per heavy atom. The molecule has 4 rings (SSSR count). The van der Waals surface area contributed by atoms with E-state index in [0.717, 1.165) is 36.8 Å². The van der Waals surface area contributed by atoms with Crippen molar-refractivity contribution in [1.82, 2.24) is 19.4 Å². The number of nitrogens with one attached hydrogen (secondary N) is 1. The van der Waals surface area contributed by atoms with Crippen LogP contribution in [-0.2, 0) is 0 Å². The molecule has 146 valence electrons.